The van der Waals surface area contributed by atoms with Crippen LogP contribution in [0.25, 0.3) is 39.3 Å². The van der Waals surface area contributed by atoms with Gasteiger partial charge in [0, 0.05) is 34.2 Å². The molecule has 0 bridgehead atoms. The highest BCUT2D eigenvalue weighted by atomic mass is 15.2. The molecule has 0 aliphatic carbocycles. The summed E-state index contributed by atoms with van der Waals surface area (Å²) in [7, 11) is 0. The zero-order valence-electron chi connectivity index (χ0n) is 20.5. The summed E-state index contributed by atoms with van der Waals surface area (Å²) in [5.41, 5.74) is 7.03. The molecule has 0 amide bonds. The van der Waals surface area contributed by atoms with E-state index in [0.29, 0.717) is 5.95 Å². The number of nitrogens with zero attached hydrogens (tertiary/aromatic N) is 5. The fraction of sp³-hybridized carbons (Fsp3) is 0. The first-order valence-corrected chi connectivity index (χ1v) is 12.6. The molecule has 5 heteroatoms. The molecular weight excluding hydrogens is 466 g/mol. The van der Waals surface area contributed by atoms with Crippen molar-refractivity contribution in [3.05, 3.63) is 140 Å². The maximum atomic E-state index is 5.00. The summed E-state index contributed by atoms with van der Waals surface area (Å²) in [5.74, 6) is 1.41. The van der Waals surface area contributed by atoms with Gasteiger partial charge in [0.25, 0.3) is 0 Å². The zero-order chi connectivity index (χ0) is 25.3. The first-order valence-electron chi connectivity index (χ1n) is 12.6. The Morgan fingerprint density at radius 2 is 1.08 bits per heavy atom. The van der Waals surface area contributed by atoms with Crippen LogP contribution in [-0.4, -0.2) is 19.5 Å². The minimum absolute atomic E-state index is 0.603. The third-order valence-corrected chi connectivity index (χ3v) is 6.65. The quantitative estimate of drug-likeness (QED) is 0.245. The fourth-order valence-electron chi connectivity index (χ4n) is 4.85. The van der Waals surface area contributed by atoms with Crippen LogP contribution in [0, 0.1) is 0 Å². The summed E-state index contributed by atoms with van der Waals surface area (Å²) in [5, 5.41) is 1.01. The van der Waals surface area contributed by atoms with Gasteiger partial charge in [-0.1, -0.05) is 66.7 Å². The van der Waals surface area contributed by atoms with Crippen LogP contribution in [0.15, 0.2) is 140 Å². The van der Waals surface area contributed by atoms with Crippen LogP contribution in [0.4, 0.5) is 17.1 Å². The minimum atomic E-state index is 0.603. The molecule has 7 rings (SSSR count). The molecule has 0 N–H and O–H groups in total. The highest BCUT2D eigenvalue weighted by Gasteiger charge is 2.18. The van der Waals surface area contributed by atoms with E-state index in [4.69, 9.17) is 15.0 Å². The van der Waals surface area contributed by atoms with Crippen LogP contribution in [-0.2, 0) is 0 Å². The molecule has 0 atom stereocenters. The number of fused-ring (bicyclic) bond motifs is 2. The number of anilines is 3. The molecule has 0 fully saturated rings. The van der Waals surface area contributed by atoms with Crippen LogP contribution in [0.2, 0.25) is 0 Å². The van der Waals surface area contributed by atoms with Crippen molar-refractivity contribution in [3.8, 4) is 17.3 Å². The van der Waals surface area contributed by atoms with E-state index in [1.165, 1.54) is 0 Å². The van der Waals surface area contributed by atoms with Gasteiger partial charge in [0.15, 0.2) is 0 Å². The Kier molecular flexibility index (Phi) is 5.37. The Morgan fingerprint density at radius 3 is 1.79 bits per heavy atom. The topological polar surface area (TPSA) is 46.8 Å². The Morgan fingerprint density at radius 1 is 0.500 bits per heavy atom. The number of imidazole rings is 1. The van der Waals surface area contributed by atoms with Crippen LogP contribution < -0.4 is 4.90 Å². The minimum Gasteiger partial charge on any atom is -0.311 e. The lowest BCUT2D eigenvalue weighted by Gasteiger charge is -2.25. The second-order valence-electron chi connectivity index (χ2n) is 9.04. The van der Waals surface area contributed by atoms with Crippen molar-refractivity contribution >= 4 is 39.0 Å². The van der Waals surface area contributed by atoms with Crippen molar-refractivity contribution in [2.24, 2.45) is 0 Å². The highest BCUT2D eigenvalue weighted by Crippen LogP contribution is 2.36. The van der Waals surface area contributed by atoms with Crippen molar-refractivity contribution in [1.29, 1.82) is 0 Å². The summed E-state index contributed by atoms with van der Waals surface area (Å²) < 4.78 is 2.04. The average Bonchev–Trinajstić information content (AvgIpc) is 3.38. The molecule has 0 saturated heterocycles. The van der Waals surface area contributed by atoms with Gasteiger partial charge < -0.3 is 4.90 Å². The lowest BCUT2D eigenvalue weighted by molar-refractivity contribution is 0.974. The van der Waals surface area contributed by atoms with E-state index in [-0.39, 0.29) is 0 Å². The van der Waals surface area contributed by atoms with Gasteiger partial charge in [-0.2, -0.15) is 0 Å². The van der Waals surface area contributed by atoms with Gasteiger partial charge in [-0.3, -0.25) is 4.57 Å². The summed E-state index contributed by atoms with van der Waals surface area (Å²) in [6.45, 7) is 0. The fourth-order valence-corrected chi connectivity index (χ4v) is 4.85. The smallest absolute Gasteiger partial charge is 0.236 e. The molecule has 5 aromatic carbocycles. The number of aromatic nitrogens is 4. The molecule has 5 nitrogen and oxygen atoms in total. The van der Waals surface area contributed by atoms with Gasteiger partial charge in [-0.15, -0.1) is 0 Å². The molecule has 38 heavy (non-hydrogen) atoms. The highest BCUT2D eigenvalue weighted by molar-refractivity contribution is 5.85. The third kappa shape index (κ3) is 3.87. The van der Waals surface area contributed by atoms with Gasteiger partial charge in [0.05, 0.1) is 16.6 Å². The van der Waals surface area contributed by atoms with Crippen molar-refractivity contribution < 1.29 is 0 Å². The first-order chi connectivity index (χ1) is 18.8. The normalized spacial score (nSPS) is 11.2. The third-order valence-electron chi connectivity index (χ3n) is 6.65. The monoisotopic (exact) mass is 489 g/mol. The maximum absolute atomic E-state index is 5.00. The number of benzene rings is 5. The molecular formula is C33H23N5. The van der Waals surface area contributed by atoms with Gasteiger partial charge >= 0.3 is 0 Å². The average molecular weight is 490 g/mol. The standard InChI is InChI=1S/C33H23N5/c1-3-12-26(13-4-1)37(27-14-5-2-6-15-27)28-21-19-24(20-22-28)32-35-30-17-9-10-18-31(30)38(32)33-34-23-25-11-7-8-16-29(25)36-33/h1-23H. The number of rotatable bonds is 5. The molecule has 0 spiro atoms. The molecule has 0 saturated carbocycles. The van der Waals surface area contributed by atoms with Gasteiger partial charge in [-0.25, -0.2) is 15.0 Å². The number of hydrogen-bond acceptors (Lipinski definition) is 4. The van der Waals surface area contributed by atoms with Crippen LogP contribution in [0.1, 0.15) is 0 Å². The Balaban J connectivity index is 1.36. The van der Waals surface area contributed by atoms with E-state index in [9.17, 15) is 0 Å². The summed E-state index contributed by atoms with van der Waals surface area (Å²) in [4.78, 5) is 16.8. The first kappa shape index (κ1) is 21.9. The van der Waals surface area contributed by atoms with Crippen LogP contribution >= 0.6 is 0 Å². The summed E-state index contributed by atoms with van der Waals surface area (Å²) >= 11 is 0. The summed E-state index contributed by atoms with van der Waals surface area (Å²) in [6.07, 6.45) is 1.87. The van der Waals surface area contributed by atoms with E-state index in [1.54, 1.807) is 0 Å². The molecule has 0 aliphatic rings. The number of para-hydroxylation sites is 5. The maximum Gasteiger partial charge on any atom is 0.236 e. The van der Waals surface area contributed by atoms with Crippen molar-refractivity contribution in [3.63, 3.8) is 0 Å². The molecule has 2 heterocycles. The van der Waals surface area contributed by atoms with E-state index >= 15 is 0 Å². The second kappa shape index (κ2) is 9.30. The largest absolute Gasteiger partial charge is 0.311 e. The van der Waals surface area contributed by atoms with E-state index in [0.717, 1.165) is 50.4 Å². The Bertz CT molecular complexity index is 1820. The van der Waals surface area contributed by atoms with Crippen molar-refractivity contribution in [2.75, 3.05) is 4.90 Å². The van der Waals surface area contributed by atoms with Crippen LogP contribution in [0.5, 0.6) is 0 Å². The van der Waals surface area contributed by atoms with E-state index in [2.05, 4.69) is 83.8 Å². The molecule has 180 valence electrons. The van der Waals surface area contributed by atoms with Crippen LogP contribution in [0.3, 0.4) is 0 Å². The molecule has 7 aromatic rings. The zero-order valence-corrected chi connectivity index (χ0v) is 20.5. The lowest BCUT2D eigenvalue weighted by Crippen LogP contribution is -2.09. The predicted octanol–water partition coefficient (Wildman–Crippen LogP) is 8.11. The molecule has 0 radical (unpaired) electrons. The lowest BCUT2D eigenvalue weighted by atomic mass is 10.1. The Hall–Kier alpha value is -5.29. The molecule has 2 aromatic heterocycles. The van der Waals surface area contributed by atoms with Gasteiger partial charge in [-0.05, 0) is 66.7 Å². The van der Waals surface area contributed by atoms with E-state index in [1.807, 2.05) is 65.4 Å². The second-order valence-corrected chi connectivity index (χ2v) is 9.04. The molecule has 0 aliphatic heterocycles. The SMILES string of the molecule is c1ccc(N(c2ccccc2)c2ccc(-c3nc4ccccc4n3-c3ncc4ccccc4n3)cc2)cc1. The summed E-state index contributed by atoms with van der Waals surface area (Å²) in [6, 6.07) is 45.5. The molecule has 0 unspecified atom stereocenters. The number of hydrogen-bond donors (Lipinski definition) is 0. The Labute approximate surface area is 220 Å². The van der Waals surface area contributed by atoms with Crippen molar-refractivity contribution in [1.82, 2.24) is 19.5 Å². The van der Waals surface area contributed by atoms with E-state index < -0.39 is 0 Å². The van der Waals surface area contributed by atoms with Gasteiger partial charge in [0.2, 0.25) is 5.95 Å². The van der Waals surface area contributed by atoms with Gasteiger partial charge in [0.1, 0.15) is 5.82 Å². The predicted molar refractivity (Wildman–Crippen MR) is 154 cm³/mol. The van der Waals surface area contributed by atoms with Crippen molar-refractivity contribution in [2.45, 2.75) is 0 Å².